The van der Waals surface area contributed by atoms with Crippen LogP contribution in [0.2, 0.25) is 0 Å². The Morgan fingerprint density at radius 1 is 1.43 bits per heavy atom. The summed E-state index contributed by atoms with van der Waals surface area (Å²) in [5.41, 5.74) is 7.44. The van der Waals surface area contributed by atoms with Crippen molar-refractivity contribution in [2.45, 2.75) is 26.0 Å². The van der Waals surface area contributed by atoms with Crippen molar-refractivity contribution < 1.29 is 9.53 Å². The molecule has 1 aliphatic heterocycles. The fourth-order valence-corrected chi connectivity index (χ4v) is 2.66. The van der Waals surface area contributed by atoms with Crippen LogP contribution in [0.4, 0.5) is 5.82 Å². The summed E-state index contributed by atoms with van der Waals surface area (Å²) in [5.74, 6) is 0.568. The minimum atomic E-state index is -0.219. The van der Waals surface area contributed by atoms with Gasteiger partial charge in [-0.05, 0) is 25.1 Å². The molecule has 0 aliphatic carbocycles. The first-order valence-corrected chi connectivity index (χ1v) is 7.73. The number of nitrogens with two attached hydrogens (primary N) is 1. The summed E-state index contributed by atoms with van der Waals surface area (Å²) in [5, 5.41) is 4.30. The number of rotatable bonds is 4. The SMILES string of the molecule is Cc1ccn(CCC(=O)N2CCO[C@H](c3cccc(N)n3)C2)n1. The predicted octanol–water partition coefficient (Wildman–Crippen LogP) is 1.16. The van der Waals surface area contributed by atoms with E-state index in [4.69, 9.17) is 10.5 Å². The van der Waals surface area contributed by atoms with Crippen LogP contribution in [0, 0.1) is 6.92 Å². The van der Waals surface area contributed by atoms with Crippen LogP contribution < -0.4 is 5.73 Å². The largest absolute Gasteiger partial charge is 0.384 e. The smallest absolute Gasteiger partial charge is 0.224 e. The van der Waals surface area contributed by atoms with E-state index in [1.54, 1.807) is 10.7 Å². The standard InChI is InChI=1S/C16H21N5O2/c1-12-5-7-21(19-12)8-6-16(22)20-9-10-23-14(11-20)13-3-2-4-15(17)18-13/h2-5,7,14H,6,8-11H2,1H3,(H2,17,18)/t14-/m0/s1. The lowest BCUT2D eigenvalue weighted by molar-refractivity contribution is -0.139. The Morgan fingerprint density at radius 3 is 3.04 bits per heavy atom. The Hall–Kier alpha value is -2.41. The first-order chi connectivity index (χ1) is 11.1. The zero-order valence-corrected chi connectivity index (χ0v) is 13.2. The highest BCUT2D eigenvalue weighted by molar-refractivity contribution is 5.76. The van der Waals surface area contributed by atoms with Gasteiger partial charge in [0.15, 0.2) is 0 Å². The lowest BCUT2D eigenvalue weighted by atomic mass is 10.1. The molecule has 7 nitrogen and oxygen atoms in total. The first kappa shape index (κ1) is 15.5. The lowest BCUT2D eigenvalue weighted by Gasteiger charge is -2.32. The van der Waals surface area contributed by atoms with Crippen molar-refractivity contribution in [3.05, 3.63) is 41.9 Å². The molecule has 1 aliphatic rings. The summed E-state index contributed by atoms with van der Waals surface area (Å²) in [6.07, 6.45) is 2.10. The molecule has 0 radical (unpaired) electrons. The number of carbonyl (C=O) groups is 1. The number of anilines is 1. The van der Waals surface area contributed by atoms with E-state index in [-0.39, 0.29) is 12.0 Å². The molecule has 0 saturated carbocycles. The number of ether oxygens (including phenoxy) is 1. The number of carbonyl (C=O) groups excluding carboxylic acids is 1. The van der Waals surface area contributed by atoms with Gasteiger partial charge < -0.3 is 15.4 Å². The van der Waals surface area contributed by atoms with Gasteiger partial charge >= 0.3 is 0 Å². The van der Waals surface area contributed by atoms with Gasteiger partial charge in [0, 0.05) is 25.7 Å². The van der Waals surface area contributed by atoms with E-state index in [2.05, 4.69) is 10.1 Å². The molecular weight excluding hydrogens is 294 g/mol. The summed E-state index contributed by atoms with van der Waals surface area (Å²) in [7, 11) is 0. The van der Waals surface area contributed by atoms with Crippen LogP contribution in [-0.4, -0.2) is 45.3 Å². The maximum absolute atomic E-state index is 12.4. The number of nitrogens with zero attached hydrogens (tertiary/aromatic N) is 4. The van der Waals surface area contributed by atoms with Crippen molar-refractivity contribution >= 4 is 11.7 Å². The second-order valence-electron chi connectivity index (χ2n) is 5.66. The zero-order valence-electron chi connectivity index (χ0n) is 13.2. The van der Waals surface area contributed by atoms with E-state index in [0.717, 1.165) is 11.4 Å². The Morgan fingerprint density at radius 2 is 2.30 bits per heavy atom. The molecule has 0 unspecified atom stereocenters. The maximum Gasteiger partial charge on any atom is 0.224 e. The molecule has 2 N–H and O–H groups in total. The molecule has 1 amide bonds. The van der Waals surface area contributed by atoms with E-state index >= 15 is 0 Å². The van der Waals surface area contributed by atoms with E-state index < -0.39 is 0 Å². The molecule has 1 atom stereocenters. The molecule has 0 spiro atoms. The van der Waals surface area contributed by atoms with Gasteiger partial charge in [0.1, 0.15) is 11.9 Å². The molecule has 122 valence electrons. The zero-order chi connectivity index (χ0) is 16.2. The van der Waals surface area contributed by atoms with Crippen molar-refractivity contribution in [1.82, 2.24) is 19.7 Å². The normalized spacial score (nSPS) is 18.1. The highest BCUT2D eigenvalue weighted by atomic mass is 16.5. The van der Waals surface area contributed by atoms with Crippen LogP contribution in [0.3, 0.4) is 0 Å². The number of hydrogen-bond acceptors (Lipinski definition) is 5. The molecule has 3 heterocycles. The molecule has 0 aromatic carbocycles. The Labute approximate surface area is 135 Å². The monoisotopic (exact) mass is 315 g/mol. The third-order valence-electron chi connectivity index (χ3n) is 3.87. The Balaban J connectivity index is 1.58. The summed E-state index contributed by atoms with van der Waals surface area (Å²) in [6, 6.07) is 7.39. The second-order valence-corrected chi connectivity index (χ2v) is 5.66. The minimum Gasteiger partial charge on any atom is -0.384 e. The van der Waals surface area contributed by atoms with Crippen molar-refractivity contribution in [2.24, 2.45) is 0 Å². The van der Waals surface area contributed by atoms with Crippen LogP contribution in [-0.2, 0) is 16.1 Å². The highest BCUT2D eigenvalue weighted by Gasteiger charge is 2.26. The number of morpholine rings is 1. The minimum absolute atomic E-state index is 0.107. The number of aromatic nitrogens is 3. The molecule has 2 aromatic rings. The van der Waals surface area contributed by atoms with Crippen molar-refractivity contribution in [3.63, 3.8) is 0 Å². The van der Waals surface area contributed by atoms with Gasteiger partial charge in [-0.3, -0.25) is 9.48 Å². The summed E-state index contributed by atoms with van der Waals surface area (Å²) in [4.78, 5) is 18.5. The average Bonchev–Trinajstić information content (AvgIpc) is 2.98. The Bertz CT molecular complexity index is 685. The fourth-order valence-electron chi connectivity index (χ4n) is 2.66. The highest BCUT2D eigenvalue weighted by Crippen LogP contribution is 2.21. The van der Waals surface area contributed by atoms with Gasteiger partial charge in [0.2, 0.25) is 5.91 Å². The Kier molecular flexibility index (Phi) is 4.57. The van der Waals surface area contributed by atoms with E-state index in [9.17, 15) is 4.79 Å². The van der Waals surface area contributed by atoms with Gasteiger partial charge in [-0.2, -0.15) is 5.10 Å². The lowest BCUT2D eigenvalue weighted by Crippen LogP contribution is -2.42. The first-order valence-electron chi connectivity index (χ1n) is 7.73. The van der Waals surface area contributed by atoms with Gasteiger partial charge in [0.25, 0.3) is 0 Å². The summed E-state index contributed by atoms with van der Waals surface area (Å²) < 4.78 is 7.53. The molecule has 1 saturated heterocycles. The van der Waals surface area contributed by atoms with E-state index in [1.807, 2.05) is 36.2 Å². The fraction of sp³-hybridized carbons (Fsp3) is 0.438. The van der Waals surface area contributed by atoms with Crippen LogP contribution >= 0.6 is 0 Å². The van der Waals surface area contributed by atoms with Gasteiger partial charge in [0.05, 0.1) is 24.5 Å². The van der Waals surface area contributed by atoms with Crippen molar-refractivity contribution in [1.29, 1.82) is 0 Å². The second kappa shape index (κ2) is 6.78. The van der Waals surface area contributed by atoms with Crippen LogP contribution in [0.1, 0.15) is 23.9 Å². The predicted molar refractivity (Wildman–Crippen MR) is 85.5 cm³/mol. The average molecular weight is 315 g/mol. The van der Waals surface area contributed by atoms with Crippen molar-refractivity contribution in [2.75, 3.05) is 25.4 Å². The number of aryl methyl sites for hydroxylation is 2. The topological polar surface area (TPSA) is 86.3 Å². The van der Waals surface area contributed by atoms with E-state index in [0.29, 0.717) is 38.5 Å². The quantitative estimate of drug-likeness (QED) is 0.915. The van der Waals surface area contributed by atoms with Crippen molar-refractivity contribution in [3.8, 4) is 0 Å². The summed E-state index contributed by atoms with van der Waals surface area (Å²) in [6.45, 7) is 4.14. The van der Waals surface area contributed by atoms with Crippen LogP contribution in [0.5, 0.6) is 0 Å². The number of nitrogen functional groups attached to an aromatic ring is 1. The number of hydrogen-bond donors (Lipinski definition) is 1. The van der Waals surface area contributed by atoms with Gasteiger partial charge in [-0.25, -0.2) is 4.98 Å². The number of amides is 1. The summed E-state index contributed by atoms with van der Waals surface area (Å²) >= 11 is 0. The molecule has 3 rings (SSSR count). The molecule has 0 bridgehead atoms. The van der Waals surface area contributed by atoms with Crippen LogP contribution in [0.25, 0.3) is 0 Å². The number of pyridine rings is 1. The van der Waals surface area contributed by atoms with Crippen LogP contribution in [0.15, 0.2) is 30.5 Å². The third kappa shape index (κ3) is 3.87. The van der Waals surface area contributed by atoms with Gasteiger partial charge in [-0.1, -0.05) is 6.07 Å². The molecule has 23 heavy (non-hydrogen) atoms. The van der Waals surface area contributed by atoms with E-state index in [1.165, 1.54) is 0 Å². The maximum atomic E-state index is 12.4. The third-order valence-corrected chi connectivity index (χ3v) is 3.87. The van der Waals surface area contributed by atoms with Gasteiger partial charge in [-0.15, -0.1) is 0 Å². The molecule has 2 aromatic heterocycles. The molecule has 7 heteroatoms. The molecule has 1 fully saturated rings. The molecular formula is C16H21N5O2.